The molecule has 0 fully saturated rings. The summed E-state index contributed by atoms with van der Waals surface area (Å²) in [4.78, 5) is 0. The van der Waals surface area contributed by atoms with Gasteiger partial charge < -0.3 is 57.8 Å². The van der Waals surface area contributed by atoms with E-state index in [1.54, 1.807) is 0 Å². The van der Waals surface area contributed by atoms with Gasteiger partial charge in [-0.05, 0) is 0 Å². The molecule has 0 spiro atoms. The van der Waals surface area contributed by atoms with Crippen LogP contribution in [0.2, 0.25) is 0 Å². The Labute approximate surface area is 236 Å². The van der Waals surface area contributed by atoms with Crippen molar-refractivity contribution in [3.05, 3.63) is 0 Å². The van der Waals surface area contributed by atoms with Gasteiger partial charge in [0.25, 0.3) is 0 Å². The summed E-state index contributed by atoms with van der Waals surface area (Å²) in [5.74, 6) is 0. The Kier molecular flexibility index (Phi) is 36.5. The number of nitrogens with two attached hydrogens (primary N) is 1. The Morgan fingerprint density at radius 2 is 0.432 bits per heavy atom. The van der Waals surface area contributed by atoms with Gasteiger partial charge in [0.1, 0.15) is 0 Å². The van der Waals surface area contributed by atoms with Crippen LogP contribution < -0.4 is 5.73 Å². The third-order valence-electron chi connectivity index (χ3n) is 4.20. The maximum Gasteiger partial charge on any atom is 0.0701 e. The second-order valence-electron chi connectivity index (χ2n) is 7.21. The van der Waals surface area contributed by atoms with Crippen LogP contribution in [0.5, 0.6) is 0 Å². The molecular formula is C24H50INO11. The summed E-state index contributed by atoms with van der Waals surface area (Å²) < 4.78 is 60.3. The van der Waals surface area contributed by atoms with Gasteiger partial charge in [-0.1, -0.05) is 22.6 Å². The summed E-state index contributed by atoms with van der Waals surface area (Å²) >= 11 is 2.28. The quantitative estimate of drug-likeness (QED) is 0.0592. The minimum Gasteiger partial charge on any atom is -0.378 e. The van der Waals surface area contributed by atoms with Crippen LogP contribution in [0, 0.1) is 0 Å². The normalized spacial score (nSPS) is 11.5. The summed E-state index contributed by atoms with van der Waals surface area (Å²) in [6, 6.07) is 0. The predicted octanol–water partition coefficient (Wildman–Crippen LogP) is 0.563. The van der Waals surface area contributed by atoms with Crippen LogP contribution in [0.25, 0.3) is 0 Å². The van der Waals surface area contributed by atoms with E-state index in [0.717, 1.165) is 11.0 Å². The monoisotopic (exact) mass is 655 g/mol. The lowest BCUT2D eigenvalue weighted by Crippen LogP contribution is -2.15. The van der Waals surface area contributed by atoms with Crippen molar-refractivity contribution >= 4 is 22.6 Å². The van der Waals surface area contributed by atoms with Crippen LogP contribution in [0.4, 0.5) is 0 Å². The van der Waals surface area contributed by atoms with Crippen molar-refractivity contribution < 1.29 is 52.1 Å². The smallest absolute Gasteiger partial charge is 0.0701 e. The molecule has 13 heteroatoms. The topological polar surface area (TPSA) is 128 Å². The zero-order valence-electron chi connectivity index (χ0n) is 22.4. The highest BCUT2D eigenvalue weighted by Crippen LogP contribution is 1.87. The van der Waals surface area contributed by atoms with Crippen LogP contribution in [-0.4, -0.2) is 156 Å². The third-order valence-corrected chi connectivity index (χ3v) is 4.64. The van der Waals surface area contributed by atoms with Gasteiger partial charge >= 0.3 is 0 Å². The minimum absolute atomic E-state index is 0.521. The first kappa shape index (κ1) is 37.2. The summed E-state index contributed by atoms with van der Waals surface area (Å²) in [6.45, 7) is 12.7. The molecule has 37 heavy (non-hydrogen) atoms. The van der Waals surface area contributed by atoms with E-state index in [2.05, 4.69) is 22.6 Å². The molecule has 0 saturated heterocycles. The van der Waals surface area contributed by atoms with Gasteiger partial charge in [-0.3, -0.25) is 0 Å². The Morgan fingerprint density at radius 1 is 0.270 bits per heavy atom. The van der Waals surface area contributed by atoms with Crippen molar-refractivity contribution in [2.75, 3.05) is 156 Å². The number of hydrogen-bond acceptors (Lipinski definition) is 12. The Hall–Kier alpha value is 0.250. The second kappa shape index (κ2) is 36.2. The van der Waals surface area contributed by atoms with Crippen molar-refractivity contribution in [1.82, 2.24) is 0 Å². The number of hydrogen-bond donors (Lipinski definition) is 1. The maximum atomic E-state index is 5.46. The summed E-state index contributed by atoms with van der Waals surface area (Å²) in [6.07, 6.45) is 0. The van der Waals surface area contributed by atoms with Gasteiger partial charge in [0.2, 0.25) is 0 Å². The molecule has 0 aliphatic rings. The Balaban J connectivity index is 3.00. The van der Waals surface area contributed by atoms with Crippen molar-refractivity contribution in [1.29, 1.82) is 0 Å². The third kappa shape index (κ3) is 36.2. The molecule has 0 bridgehead atoms. The Morgan fingerprint density at radius 3 is 0.595 bits per heavy atom. The fraction of sp³-hybridized carbons (Fsp3) is 1.00. The molecule has 0 aromatic carbocycles. The lowest BCUT2D eigenvalue weighted by molar-refractivity contribution is -0.0272. The highest BCUT2D eigenvalue weighted by molar-refractivity contribution is 14.1. The lowest BCUT2D eigenvalue weighted by atomic mass is 10.6. The van der Waals surface area contributed by atoms with Crippen molar-refractivity contribution in [2.24, 2.45) is 5.73 Å². The van der Waals surface area contributed by atoms with E-state index in [9.17, 15) is 0 Å². The molecule has 0 atom stereocenters. The second-order valence-corrected chi connectivity index (χ2v) is 8.29. The van der Waals surface area contributed by atoms with Gasteiger partial charge in [-0.2, -0.15) is 0 Å². The van der Waals surface area contributed by atoms with Crippen LogP contribution in [0.3, 0.4) is 0 Å². The molecule has 0 aromatic rings. The number of halogens is 1. The molecule has 0 aromatic heterocycles. The predicted molar refractivity (Wildman–Crippen MR) is 147 cm³/mol. The SMILES string of the molecule is NCCOCCOCCOCCOCCOCCOCCOCCOCCOCCOCCOCCI. The van der Waals surface area contributed by atoms with Gasteiger partial charge in [-0.15, -0.1) is 0 Å². The molecular weight excluding hydrogens is 605 g/mol. The zero-order valence-corrected chi connectivity index (χ0v) is 24.6. The van der Waals surface area contributed by atoms with E-state index >= 15 is 0 Å². The van der Waals surface area contributed by atoms with Crippen LogP contribution in [0.15, 0.2) is 0 Å². The molecule has 0 aliphatic carbocycles. The van der Waals surface area contributed by atoms with E-state index in [1.807, 2.05) is 0 Å². The van der Waals surface area contributed by atoms with Gasteiger partial charge in [-0.25, -0.2) is 0 Å². The Bertz CT molecular complexity index is 370. The van der Waals surface area contributed by atoms with E-state index in [0.29, 0.717) is 145 Å². The van der Waals surface area contributed by atoms with E-state index in [1.165, 1.54) is 0 Å². The molecule has 0 saturated carbocycles. The molecule has 0 aliphatic heterocycles. The highest BCUT2D eigenvalue weighted by Gasteiger charge is 1.96. The van der Waals surface area contributed by atoms with E-state index < -0.39 is 0 Å². The summed E-state index contributed by atoms with van der Waals surface area (Å²) in [5, 5.41) is 0. The van der Waals surface area contributed by atoms with Crippen molar-refractivity contribution in [3.63, 3.8) is 0 Å². The fourth-order valence-electron chi connectivity index (χ4n) is 2.44. The van der Waals surface area contributed by atoms with Crippen LogP contribution >= 0.6 is 22.6 Å². The lowest BCUT2D eigenvalue weighted by Gasteiger charge is -2.09. The first-order chi connectivity index (χ1) is 18.4. The first-order valence-corrected chi connectivity index (χ1v) is 14.6. The molecule has 0 amide bonds. The largest absolute Gasteiger partial charge is 0.378 e. The average molecular weight is 656 g/mol. The molecule has 0 unspecified atom stereocenters. The number of ether oxygens (including phenoxy) is 11. The van der Waals surface area contributed by atoms with Crippen LogP contribution in [-0.2, 0) is 52.1 Å². The average Bonchev–Trinajstić information content (AvgIpc) is 2.91. The summed E-state index contributed by atoms with van der Waals surface area (Å²) in [7, 11) is 0. The summed E-state index contributed by atoms with van der Waals surface area (Å²) in [5.41, 5.74) is 5.32. The molecule has 0 heterocycles. The maximum absolute atomic E-state index is 5.46. The first-order valence-electron chi connectivity index (χ1n) is 13.0. The van der Waals surface area contributed by atoms with Crippen LogP contribution in [0.1, 0.15) is 0 Å². The molecule has 0 radical (unpaired) electrons. The molecule has 224 valence electrons. The minimum atomic E-state index is 0.521. The molecule has 12 nitrogen and oxygen atoms in total. The van der Waals surface area contributed by atoms with Gasteiger partial charge in [0.15, 0.2) is 0 Å². The van der Waals surface area contributed by atoms with Crippen molar-refractivity contribution in [2.45, 2.75) is 0 Å². The highest BCUT2D eigenvalue weighted by atomic mass is 127. The van der Waals surface area contributed by atoms with E-state index in [4.69, 9.17) is 57.8 Å². The molecule has 2 N–H and O–H groups in total. The molecule has 0 rings (SSSR count). The number of alkyl halides is 1. The van der Waals surface area contributed by atoms with E-state index in [-0.39, 0.29) is 0 Å². The van der Waals surface area contributed by atoms with Gasteiger partial charge in [0, 0.05) is 11.0 Å². The van der Waals surface area contributed by atoms with Gasteiger partial charge in [0.05, 0.1) is 145 Å². The standard InChI is InChI=1S/C24H50INO11/c25-1-3-27-5-7-29-9-11-31-13-15-33-17-19-35-21-23-37-24-22-36-20-18-34-16-14-32-12-10-30-8-6-28-4-2-26/h1-24,26H2. The number of rotatable bonds is 34. The fourth-order valence-corrected chi connectivity index (χ4v) is 2.75. The van der Waals surface area contributed by atoms with Crippen molar-refractivity contribution in [3.8, 4) is 0 Å². The zero-order chi connectivity index (χ0) is 26.7.